The molecule has 0 bridgehead atoms. The largest absolute Gasteiger partial charge is 0.401 e. The summed E-state index contributed by atoms with van der Waals surface area (Å²) in [6, 6.07) is 3.21. The van der Waals surface area contributed by atoms with Gasteiger partial charge >= 0.3 is 12.4 Å². The molecule has 3 amide bonds. The number of halogens is 9. The number of thiophene rings is 1. The number of carbonyl (C=O) groups excluding carboxylic acids is 3. The van der Waals surface area contributed by atoms with Crippen LogP contribution in [-0.2, 0) is 14.3 Å². The highest BCUT2D eigenvalue weighted by Crippen LogP contribution is 2.33. The average molecular weight is 637 g/mol. The Morgan fingerprint density at radius 3 is 2.27 bits per heavy atom. The van der Waals surface area contributed by atoms with Crippen molar-refractivity contribution >= 4 is 52.0 Å². The highest BCUT2D eigenvalue weighted by atomic mass is 35.5. The summed E-state index contributed by atoms with van der Waals surface area (Å²) in [5, 5.41) is 4.17. The van der Waals surface area contributed by atoms with Gasteiger partial charge in [0.25, 0.3) is 18.2 Å². The predicted octanol–water partition coefficient (Wildman–Crippen LogP) is 4.87. The van der Waals surface area contributed by atoms with Gasteiger partial charge in [-0.1, -0.05) is 11.6 Å². The predicted molar refractivity (Wildman–Crippen MR) is 132 cm³/mol. The Balaban J connectivity index is 1.91. The number of anilines is 2. The molecule has 1 fully saturated rings. The van der Waals surface area contributed by atoms with Crippen molar-refractivity contribution in [3.05, 3.63) is 45.1 Å². The van der Waals surface area contributed by atoms with Crippen molar-refractivity contribution in [2.45, 2.75) is 24.8 Å². The fraction of sp³-hybridized carbons (Fsp3) is 0.435. The minimum atomic E-state index is -5.18. The standard InChI is InChI=1S/C23H21ClF8N4O4S/c24-17-4-3-16(41-17)21(39)33-8-15(35(10-22(27,28)29)11-23(30,31)32)20(38)34-12-1-2-14(13(7-12)19(25)26)36-5-6-40-9-18(36)37/h1-4,7,15,19H,5-6,8-11H2,(H,33,39)(H,34,38)/t15-/m0/s1. The van der Waals surface area contributed by atoms with Crippen molar-refractivity contribution in [3.8, 4) is 0 Å². The molecule has 8 nitrogen and oxygen atoms in total. The fourth-order valence-corrected chi connectivity index (χ4v) is 4.85. The van der Waals surface area contributed by atoms with Crippen LogP contribution in [0, 0.1) is 0 Å². The Labute approximate surface area is 236 Å². The minimum Gasteiger partial charge on any atom is -0.370 e. The van der Waals surface area contributed by atoms with Crippen LogP contribution in [0.3, 0.4) is 0 Å². The number of hydrogen-bond acceptors (Lipinski definition) is 6. The zero-order valence-electron chi connectivity index (χ0n) is 20.6. The van der Waals surface area contributed by atoms with Crippen LogP contribution in [0.1, 0.15) is 21.7 Å². The maximum atomic E-state index is 13.9. The molecule has 18 heteroatoms. The maximum absolute atomic E-state index is 13.9. The summed E-state index contributed by atoms with van der Waals surface area (Å²) in [4.78, 5) is 38.3. The van der Waals surface area contributed by atoms with Crippen molar-refractivity contribution in [2.75, 3.05) is 49.6 Å². The first-order valence-electron chi connectivity index (χ1n) is 11.6. The topological polar surface area (TPSA) is 91.0 Å². The van der Waals surface area contributed by atoms with Crippen molar-refractivity contribution in [2.24, 2.45) is 0 Å². The van der Waals surface area contributed by atoms with E-state index < -0.39 is 73.4 Å². The number of hydrogen-bond donors (Lipinski definition) is 2. The number of rotatable bonds is 10. The highest BCUT2D eigenvalue weighted by Gasteiger charge is 2.42. The van der Waals surface area contributed by atoms with Crippen LogP contribution in [0.15, 0.2) is 30.3 Å². The molecule has 0 radical (unpaired) electrons. The molecule has 1 atom stereocenters. The van der Waals surface area contributed by atoms with Crippen LogP contribution in [0.25, 0.3) is 0 Å². The Kier molecular flexibility index (Phi) is 10.5. The molecular formula is C23H21ClF8N4O4S. The molecule has 1 aromatic heterocycles. The third-order valence-corrected chi connectivity index (χ3v) is 6.80. The molecule has 0 aliphatic carbocycles. The molecule has 0 spiro atoms. The van der Waals surface area contributed by atoms with Crippen molar-refractivity contribution < 1.29 is 54.2 Å². The quantitative estimate of drug-likeness (QED) is 0.364. The van der Waals surface area contributed by atoms with E-state index in [4.69, 9.17) is 16.3 Å². The normalized spacial score (nSPS) is 15.4. The second-order valence-electron chi connectivity index (χ2n) is 8.63. The van der Waals surface area contributed by atoms with E-state index in [-0.39, 0.29) is 39.6 Å². The summed E-state index contributed by atoms with van der Waals surface area (Å²) >= 11 is 6.52. The number of carbonyl (C=O) groups is 3. The zero-order chi connectivity index (χ0) is 30.5. The summed E-state index contributed by atoms with van der Waals surface area (Å²) in [6.07, 6.45) is -13.5. The van der Waals surface area contributed by atoms with Crippen molar-refractivity contribution in [3.63, 3.8) is 0 Å². The maximum Gasteiger partial charge on any atom is 0.401 e. The second-order valence-corrected chi connectivity index (χ2v) is 10.3. The van der Waals surface area contributed by atoms with Gasteiger partial charge in [-0.3, -0.25) is 19.3 Å². The highest BCUT2D eigenvalue weighted by molar-refractivity contribution is 7.18. The van der Waals surface area contributed by atoms with Gasteiger partial charge in [0.1, 0.15) is 12.6 Å². The lowest BCUT2D eigenvalue weighted by atomic mass is 10.1. The van der Waals surface area contributed by atoms with E-state index in [1.165, 1.54) is 12.1 Å². The first-order chi connectivity index (χ1) is 19.0. The molecule has 1 aliphatic rings. The van der Waals surface area contributed by atoms with Crippen LogP contribution >= 0.6 is 22.9 Å². The van der Waals surface area contributed by atoms with Crippen LogP contribution in [-0.4, -0.2) is 80.4 Å². The molecule has 3 rings (SSSR count). The van der Waals surface area contributed by atoms with Crippen LogP contribution < -0.4 is 15.5 Å². The SMILES string of the molecule is O=C(NC[C@@H](C(=O)Nc1ccc(N2CCOCC2=O)c(C(F)F)c1)N(CC(F)(F)F)CC(F)(F)F)c1ccc(Cl)s1. The molecule has 2 N–H and O–H groups in total. The van der Waals surface area contributed by atoms with Crippen LogP contribution in [0.5, 0.6) is 0 Å². The molecule has 0 unspecified atom stereocenters. The summed E-state index contributed by atoms with van der Waals surface area (Å²) in [5.41, 5.74) is -1.32. The van der Waals surface area contributed by atoms with Crippen LogP contribution in [0.4, 0.5) is 46.5 Å². The number of amides is 3. The van der Waals surface area contributed by atoms with Gasteiger partial charge in [0.05, 0.1) is 34.6 Å². The lowest BCUT2D eigenvalue weighted by Gasteiger charge is -2.32. The third-order valence-electron chi connectivity index (χ3n) is 5.57. The molecule has 1 saturated heterocycles. The van der Waals surface area contributed by atoms with Crippen molar-refractivity contribution in [1.29, 1.82) is 0 Å². The number of ether oxygens (including phenoxy) is 1. The average Bonchev–Trinajstić information content (AvgIpc) is 3.29. The Hall–Kier alpha value is -3.02. The van der Waals surface area contributed by atoms with Gasteiger partial charge in [0.2, 0.25) is 5.91 Å². The van der Waals surface area contributed by atoms with Crippen LogP contribution in [0.2, 0.25) is 4.34 Å². The number of alkyl halides is 8. The Morgan fingerprint density at radius 1 is 1.07 bits per heavy atom. The van der Waals surface area contributed by atoms with E-state index in [0.29, 0.717) is 0 Å². The van der Waals surface area contributed by atoms with Gasteiger partial charge in [-0.2, -0.15) is 26.3 Å². The second kappa shape index (κ2) is 13.3. The minimum absolute atomic E-state index is 0.0258. The molecular weight excluding hydrogens is 616 g/mol. The molecule has 2 heterocycles. The van der Waals surface area contributed by atoms with Gasteiger partial charge in [-0.15, -0.1) is 11.3 Å². The first kappa shape index (κ1) is 32.5. The van der Waals surface area contributed by atoms with E-state index in [1.807, 2.05) is 0 Å². The summed E-state index contributed by atoms with van der Waals surface area (Å²) in [7, 11) is 0. The number of morpholine rings is 1. The molecule has 1 aromatic carbocycles. The molecule has 2 aromatic rings. The molecule has 0 saturated carbocycles. The van der Waals surface area contributed by atoms with E-state index in [9.17, 15) is 49.5 Å². The Bertz CT molecular complexity index is 1240. The molecule has 41 heavy (non-hydrogen) atoms. The fourth-order valence-electron chi connectivity index (χ4n) is 3.89. The number of benzene rings is 1. The lowest BCUT2D eigenvalue weighted by molar-refractivity contribution is -0.186. The number of nitrogens with one attached hydrogen (secondary N) is 2. The van der Waals surface area contributed by atoms with Gasteiger partial charge in [0, 0.05) is 24.3 Å². The lowest BCUT2D eigenvalue weighted by Crippen LogP contribution is -2.55. The first-order valence-corrected chi connectivity index (χ1v) is 12.8. The summed E-state index contributed by atoms with van der Waals surface area (Å²) < 4.78 is 112. The zero-order valence-corrected chi connectivity index (χ0v) is 22.2. The van der Waals surface area contributed by atoms with Gasteiger partial charge in [-0.05, 0) is 30.3 Å². The van der Waals surface area contributed by atoms with Gasteiger partial charge < -0.3 is 20.3 Å². The van der Waals surface area contributed by atoms with E-state index in [0.717, 1.165) is 34.4 Å². The monoisotopic (exact) mass is 636 g/mol. The van der Waals surface area contributed by atoms with Gasteiger partial charge in [0.15, 0.2) is 0 Å². The summed E-state index contributed by atoms with van der Waals surface area (Å²) in [5.74, 6) is -2.98. The summed E-state index contributed by atoms with van der Waals surface area (Å²) in [6.45, 7) is -5.70. The molecule has 226 valence electrons. The third kappa shape index (κ3) is 9.51. The Morgan fingerprint density at radius 2 is 1.73 bits per heavy atom. The van der Waals surface area contributed by atoms with E-state index in [1.54, 1.807) is 0 Å². The molecule has 1 aliphatic heterocycles. The van der Waals surface area contributed by atoms with E-state index in [2.05, 4.69) is 10.6 Å². The van der Waals surface area contributed by atoms with E-state index >= 15 is 0 Å². The van der Waals surface area contributed by atoms with Gasteiger partial charge in [-0.25, -0.2) is 8.78 Å². The smallest absolute Gasteiger partial charge is 0.370 e. The van der Waals surface area contributed by atoms with Crippen molar-refractivity contribution in [1.82, 2.24) is 10.2 Å². The number of nitrogens with zero attached hydrogens (tertiary/aromatic N) is 2.